The molecule has 138 valence electrons. The Morgan fingerprint density at radius 2 is 1.89 bits per heavy atom. The fourth-order valence-corrected chi connectivity index (χ4v) is 4.61. The molecule has 0 fully saturated rings. The Hall–Kier alpha value is -2.58. The number of benzene rings is 2. The zero-order valence-corrected chi connectivity index (χ0v) is 16.3. The summed E-state index contributed by atoms with van der Waals surface area (Å²) in [6.45, 7) is 2.73. The summed E-state index contributed by atoms with van der Waals surface area (Å²) in [4.78, 5) is 7.18. The number of nitrogens with one attached hydrogen (secondary N) is 1. The van der Waals surface area contributed by atoms with Gasteiger partial charge in [-0.1, -0.05) is 59.8 Å². The van der Waals surface area contributed by atoms with Crippen LogP contribution in [0.3, 0.4) is 0 Å². The van der Waals surface area contributed by atoms with Crippen molar-refractivity contribution >= 4 is 28.0 Å². The van der Waals surface area contributed by atoms with Crippen molar-refractivity contribution in [2.24, 2.45) is 5.10 Å². The summed E-state index contributed by atoms with van der Waals surface area (Å²) in [6, 6.07) is 16.5. The third-order valence-electron chi connectivity index (χ3n) is 4.26. The highest BCUT2D eigenvalue weighted by molar-refractivity contribution is 7.99. The molecule has 1 aliphatic heterocycles. The summed E-state index contributed by atoms with van der Waals surface area (Å²) in [7, 11) is -3.70. The van der Waals surface area contributed by atoms with E-state index in [0.29, 0.717) is 0 Å². The van der Waals surface area contributed by atoms with Crippen molar-refractivity contribution in [1.29, 1.82) is 0 Å². The predicted molar refractivity (Wildman–Crippen MR) is 107 cm³/mol. The molecule has 0 aliphatic carbocycles. The third-order valence-corrected chi connectivity index (χ3v) is 6.45. The summed E-state index contributed by atoms with van der Waals surface area (Å²) in [6.07, 6.45) is 1.54. The molecule has 0 unspecified atom stereocenters. The van der Waals surface area contributed by atoms with Gasteiger partial charge in [0.05, 0.1) is 22.5 Å². The number of aromatic nitrogens is 2. The molecule has 2 aromatic carbocycles. The number of rotatable bonds is 5. The zero-order chi connectivity index (χ0) is 18.9. The number of imidazole rings is 1. The summed E-state index contributed by atoms with van der Waals surface area (Å²) in [5.41, 5.74) is 3.57. The van der Waals surface area contributed by atoms with Crippen LogP contribution in [0, 0.1) is 6.92 Å². The van der Waals surface area contributed by atoms with Gasteiger partial charge in [-0.3, -0.25) is 0 Å². The van der Waals surface area contributed by atoms with E-state index in [1.165, 1.54) is 6.21 Å². The molecule has 6 nitrogen and oxygen atoms in total. The first-order valence-corrected chi connectivity index (χ1v) is 10.9. The molecule has 0 radical (unpaired) electrons. The molecule has 2 heterocycles. The van der Waals surface area contributed by atoms with E-state index in [1.54, 1.807) is 36.0 Å². The van der Waals surface area contributed by atoms with Crippen molar-refractivity contribution in [3.63, 3.8) is 0 Å². The molecule has 3 aromatic rings. The third kappa shape index (κ3) is 3.63. The number of sulfonamides is 1. The molecule has 0 saturated carbocycles. The van der Waals surface area contributed by atoms with Gasteiger partial charge in [-0.05, 0) is 19.1 Å². The number of hydrogen-bond donors (Lipinski definition) is 1. The van der Waals surface area contributed by atoms with Crippen LogP contribution in [0.2, 0.25) is 0 Å². The van der Waals surface area contributed by atoms with Crippen LogP contribution >= 0.6 is 11.8 Å². The lowest BCUT2D eigenvalue weighted by Crippen LogP contribution is -2.18. The van der Waals surface area contributed by atoms with E-state index in [1.807, 2.05) is 37.3 Å². The fourth-order valence-electron chi connectivity index (χ4n) is 2.86. The molecule has 0 spiro atoms. The summed E-state index contributed by atoms with van der Waals surface area (Å²) in [5.74, 6) is 0.952. The minimum atomic E-state index is -3.70. The van der Waals surface area contributed by atoms with E-state index in [2.05, 4.69) is 14.5 Å². The molecule has 1 aliphatic rings. The van der Waals surface area contributed by atoms with Gasteiger partial charge in [0.1, 0.15) is 0 Å². The average molecular weight is 399 g/mol. The van der Waals surface area contributed by atoms with Crippen molar-refractivity contribution < 1.29 is 8.42 Å². The maximum absolute atomic E-state index is 12.4. The number of nitrogens with zero attached hydrogens (tertiary/aromatic N) is 3. The normalized spacial score (nSPS) is 13.8. The Labute approximate surface area is 162 Å². The van der Waals surface area contributed by atoms with Crippen LogP contribution in [0.4, 0.5) is 0 Å². The Balaban J connectivity index is 1.63. The molecule has 1 aromatic heterocycles. The van der Waals surface area contributed by atoms with Gasteiger partial charge in [0.2, 0.25) is 0 Å². The molecule has 4 rings (SSSR count). The second-order valence-electron chi connectivity index (χ2n) is 6.16. The van der Waals surface area contributed by atoms with Crippen molar-refractivity contribution in [2.45, 2.75) is 23.5 Å². The smallest absolute Gasteiger partial charge is 0.276 e. The molecular weight excluding hydrogens is 380 g/mol. The van der Waals surface area contributed by atoms with Crippen LogP contribution < -0.4 is 4.83 Å². The molecule has 1 N–H and O–H groups in total. The van der Waals surface area contributed by atoms with Gasteiger partial charge in [-0.2, -0.15) is 13.5 Å². The second kappa shape index (κ2) is 7.21. The maximum Gasteiger partial charge on any atom is 0.276 e. The summed E-state index contributed by atoms with van der Waals surface area (Å²) < 4.78 is 26.9. The fraction of sp³-hybridized carbons (Fsp3) is 0.158. The van der Waals surface area contributed by atoms with Crippen LogP contribution in [-0.2, 0) is 16.6 Å². The van der Waals surface area contributed by atoms with E-state index >= 15 is 0 Å². The lowest BCUT2D eigenvalue weighted by molar-refractivity contribution is 0.584. The first-order valence-electron chi connectivity index (χ1n) is 8.45. The number of fused-ring (bicyclic) bond motifs is 1. The highest BCUT2D eigenvalue weighted by atomic mass is 32.2. The predicted octanol–water partition coefficient (Wildman–Crippen LogP) is 3.28. The Bertz CT molecular complexity index is 1090. The van der Waals surface area contributed by atoms with Crippen molar-refractivity contribution in [1.82, 2.24) is 14.4 Å². The van der Waals surface area contributed by atoms with E-state index in [-0.39, 0.29) is 4.90 Å². The number of hydrogen-bond acceptors (Lipinski definition) is 5. The van der Waals surface area contributed by atoms with Gasteiger partial charge in [-0.25, -0.2) is 9.82 Å². The van der Waals surface area contributed by atoms with Crippen LogP contribution in [0.25, 0.3) is 11.3 Å². The first-order chi connectivity index (χ1) is 13.0. The van der Waals surface area contributed by atoms with Gasteiger partial charge in [-0.15, -0.1) is 0 Å². The molecule has 0 bridgehead atoms. The van der Waals surface area contributed by atoms with Crippen molar-refractivity contribution in [3.8, 4) is 11.3 Å². The molecule has 0 saturated heterocycles. The summed E-state index contributed by atoms with van der Waals surface area (Å²) >= 11 is 1.69. The highest BCUT2D eigenvalue weighted by Crippen LogP contribution is 2.32. The zero-order valence-electron chi connectivity index (χ0n) is 14.7. The van der Waals surface area contributed by atoms with Gasteiger partial charge in [0.15, 0.2) is 5.16 Å². The van der Waals surface area contributed by atoms with E-state index in [0.717, 1.165) is 40.0 Å². The van der Waals surface area contributed by atoms with Crippen LogP contribution in [0.5, 0.6) is 0 Å². The lowest BCUT2D eigenvalue weighted by atomic mass is 10.1. The molecular formula is C19H18N4O2S2. The number of thioether (sulfide) groups is 1. The lowest BCUT2D eigenvalue weighted by Gasteiger charge is -2.05. The topological polar surface area (TPSA) is 76.3 Å². The van der Waals surface area contributed by atoms with Gasteiger partial charge >= 0.3 is 0 Å². The minimum absolute atomic E-state index is 0.183. The standard InChI is InChI=1S/C19H18N4O2S2/c1-14-7-9-16(10-8-14)27(24,25)22-20-13-17-18(15-5-3-2-4-6-15)21-19-23(17)11-12-26-19/h2-10,13,22H,11-12H2,1H3. The van der Waals surface area contributed by atoms with Crippen LogP contribution in [-0.4, -0.2) is 29.9 Å². The summed E-state index contributed by atoms with van der Waals surface area (Å²) in [5, 5.41) is 4.94. The van der Waals surface area contributed by atoms with Crippen LogP contribution in [0.15, 0.2) is 69.8 Å². The van der Waals surface area contributed by atoms with Crippen molar-refractivity contribution in [3.05, 3.63) is 65.9 Å². The molecule has 0 amide bonds. The highest BCUT2D eigenvalue weighted by Gasteiger charge is 2.21. The molecule has 0 atom stereocenters. The number of aryl methyl sites for hydroxylation is 1. The quantitative estimate of drug-likeness (QED) is 0.529. The second-order valence-corrected chi connectivity index (χ2v) is 8.88. The largest absolute Gasteiger partial charge is 0.317 e. The maximum atomic E-state index is 12.4. The Kier molecular flexibility index (Phi) is 4.75. The van der Waals surface area contributed by atoms with Crippen molar-refractivity contribution in [2.75, 3.05) is 5.75 Å². The Morgan fingerprint density at radius 3 is 2.63 bits per heavy atom. The number of hydrazone groups is 1. The molecule has 8 heteroatoms. The van der Waals surface area contributed by atoms with E-state index in [9.17, 15) is 8.42 Å². The van der Waals surface area contributed by atoms with E-state index in [4.69, 9.17) is 4.98 Å². The average Bonchev–Trinajstić information content (AvgIpc) is 3.25. The molecule has 27 heavy (non-hydrogen) atoms. The SMILES string of the molecule is Cc1ccc(S(=O)(=O)NN=Cc2c(-c3ccccc3)nc3n2CCS3)cc1. The van der Waals surface area contributed by atoms with Gasteiger partial charge < -0.3 is 4.57 Å². The van der Waals surface area contributed by atoms with Crippen LogP contribution in [0.1, 0.15) is 11.3 Å². The Morgan fingerprint density at radius 1 is 1.15 bits per heavy atom. The first kappa shape index (κ1) is 17.8. The monoisotopic (exact) mass is 398 g/mol. The van der Waals surface area contributed by atoms with Gasteiger partial charge in [0.25, 0.3) is 10.0 Å². The van der Waals surface area contributed by atoms with E-state index < -0.39 is 10.0 Å². The minimum Gasteiger partial charge on any atom is -0.317 e. The van der Waals surface area contributed by atoms with Gasteiger partial charge in [0, 0.05) is 17.9 Å².